The van der Waals surface area contributed by atoms with Gasteiger partial charge in [-0.1, -0.05) is 55.8 Å². The Labute approximate surface area is 216 Å². The summed E-state index contributed by atoms with van der Waals surface area (Å²) < 4.78 is 10.4. The van der Waals surface area contributed by atoms with Crippen LogP contribution in [0.4, 0.5) is 5.95 Å². The molecule has 1 heterocycles. The Balaban J connectivity index is 1.69. The summed E-state index contributed by atoms with van der Waals surface area (Å²) in [6, 6.07) is 15.1. The SMILES string of the molecule is CCCc1nc(N=CN(C)C)[nH]c(=O)c1CC(=O)OCCc1ccc(-c2ccccc2)c(C(=O)OC)c1. The molecule has 1 N–H and O–H groups in total. The maximum Gasteiger partial charge on any atom is 0.338 e. The molecule has 0 amide bonds. The highest BCUT2D eigenvalue weighted by Crippen LogP contribution is 2.25. The molecule has 0 spiro atoms. The molecule has 0 atom stereocenters. The third-order valence-corrected chi connectivity index (χ3v) is 5.54. The van der Waals surface area contributed by atoms with Crippen molar-refractivity contribution in [1.82, 2.24) is 14.9 Å². The van der Waals surface area contributed by atoms with E-state index in [4.69, 9.17) is 9.47 Å². The first kappa shape index (κ1) is 27.3. The summed E-state index contributed by atoms with van der Waals surface area (Å²) in [5.41, 5.74) is 3.35. The molecule has 0 saturated heterocycles. The molecule has 0 aliphatic heterocycles. The number of carbonyl (C=O) groups excluding carboxylic acids is 2. The Bertz CT molecular complexity index is 1320. The molecule has 0 fully saturated rings. The van der Waals surface area contributed by atoms with Gasteiger partial charge in [0, 0.05) is 20.5 Å². The first-order chi connectivity index (χ1) is 17.8. The predicted octanol–water partition coefficient (Wildman–Crippen LogP) is 3.73. The molecule has 37 heavy (non-hydrogen) atoms. The molecular formula is C28H32N4O5. The van der Waals surface area contributed by atoms with E-state index in [9.17, 15) is 14.4 Å². The molecule has 3 aromatic rings. The molecule has 0 bridgehead atoms. The number of nitrogens with zero attached hydrogens (tertiary/aromatic N) is 3. The van der Waals surface area contributed by atoms with Crippen LogP contribution in [0.3, 0.4) is 0 Å². The molecule has 2 aromatic carbocycles. The number of hydrogen-bond acceptors (Lipinski definition) is 7. The van der Waals surface area contributed by atoms with Crippen molar-refractivity contribution >= 4 is 24.2 Å². The minimum absolute atomic E-state index is 0.101. The Morgan fingerprint density at radius 3 is 2.54 bits per heavy atom. The molecule has 194 valence electrons. The van der Waals surface area contributed by atoms with Gasteiger partial charge in [-0.3, -0.25) is 14.6 Å². The number of aliphatic imine (C=N–C) groups is 1. The lowest BCUT2D eigenvalue weighted by atomic mass is 9.96. The lowest BCUT2D eigenvalue weighted by molar-refractivity contribution is -0.142. The van der Waals surface area contributed by atoms with Gasteiger partial charge in [0.15, 0.2) is 0 Å². The number of aromatic nitrogens is 2. The quantitative estimate of drug-likeness (QED) is 0.240. The van der Waals surface area contributed by atoms with Crippen LogP contribution in [0.2, 0.25) is 0 Å². The van der Waals surface area contributed by atoms with Crippen LogP contribution in [-0.2, 0) is 33.5 Å². The number of esters is 2. The fourth-order valence-corrected chi connectivity index (χ4v) is 3.76. The van der Waals surface area contributed by atoms with Crippen LogP contribution in [0.25, 0.3) is 11.1 Å². The largest absolute Gasteiger partial charge is 0.465 e. The summed E-state index contributed by atoms with van der Waals surface area (Å²) in [4.78, 5) is 50.5. The summed E-state index contributed by atoms with van der Waals surface area (Å²) in [6.45, 7) is 2.07. The van der Waals surface area contributed by atoms with E-state index in [0.717, 1.165) is 23.1 Å². The van der Waals surface area contributed by atoms with E-state index in [1.54, 1.807) is 17.3 Å². The number of methoxy groups -OCH3 is 1. The highest BCUT2D eigenvalue weighted by atomic mass is 16.5. The van der Waals surface area contributed by atoms with Gasteiger partial charge in [0.05, 0.1) is 43.3 Å². The van der Waals surface area contributed by atoms with Crippen LogP contribution in [0.5, 0.6) is 0 Å². The molecule has 1 aromatic heterocycles. The fourth-order valence-electron chi connectivity index (χ4n) is 3.76. The highest BCUT2D eigenvalue weighted by molar-refractivity contribution is 5.97. The van der Waals surface area contributed by atoms with Gasteiger partial charge in [-0.2, -0.15) is 0 Å². The average molecular weight is 505 g/mol. The van der Waals surface area contributed by atoms with E-state index in [2.05, 4.69) is 15.0 Å². The topological polar surface area (TPSA) is 114 Å². The number of aromatic amines is 1. The van der Waals surface area contributed by atoms with Crippen molar-refractivity contribution in [3.63, 3.8) is 0 Å². The van der Waals surface area contributed by atoms with Crippen LogP contribution in [0.15, 0.2) is 58.3 Å². The van der Waals surface area contributed by atoms with Crippen molar-refractivity contribution < 1.29 is 19.1 Å². The first-order valence-corrected chi connectivity index (χ1v) is 12.1. The summed E-state index contributed by atoms with van der Waals surface area (Å²) in [5.74, 6) is -0.769. The number of nitrogens with one attached hydrogen (secondary N) is 1. The minimum Gasteiger partial charge on any atom is -0.465 e. The van der Waals surface area contributed by atoms with Gasteiger partial charge in [-0.05, 0) is 29.2 Å². The monoisotopic (exact) mass is 504 g/mol. The zero-order valence-corrected chi connectivity index (χ0v) is 21.6. The Morgan fingerprint density at radius 1 is 1.11 bits per heavy atom. The number of aryl methyl sites for hydroxylation is 1. The highest BCUT2D eigenvalue weighted by Gasteiger charge is 2.17. The van der Waals surface area contributed by atoms with Crippen LogP contribution >= 0.6 is 0 Å². The summed E-state index contributed by atoms with van der Waals surface area (Å²) in [5, 5.41) is 0. The maximum atomic E-state index is 12.7. The molecule has 0 aliphatic carbocycles. The number of H-pyrrole nitrogens is 1. The molecule has 0 saturated carbocycles. The van der Waals surface area contributed by atoms with Crippen LogP contribution in [0, 0.1) is 0 Å². The summed E-state index contributed by atoms with van der Waals surface area (Å²) in [7, 11) is 4.97. The number of benzene rings is 2. The van der Waals surface area contributed by atoms with Gasteiger partial charge in [0.1, 0.15) is 0 Å². The molecule has 0 radical (unpaired) electrons. The van der Waals surface area contributed by atoms with Crippen molar-refractivity contribution in [2.75, 3.05) is 27.8 Å². The third-order valence-electron chi connectivity index (χ3n) is 5.54. The molecule has 3 rings (SSSR count). The van der Waals surface area contributed by atoms with E-state index in [0.29, 0.717) is 24.1 Å². The summed E-state index contributed by atoms with van der Waals surface area (Å²) >= 11 is 0. The Kier molecular flexibility index (Phi) is 9.71. The van der Waals surface area contributed by atoms with Gasteiger partial charge < -0.3 is 14.4 Å². The number of hydrogen-bond donors (Lipinski definition) is 1. The molecular weight excluding hydrogens is 472 g/mol. The second kappa shape index (κ2) is 13.2. The van der Waals surface area contributed by atoms with E-state index in [1.165, 1.54) is 7.11 Å². The van der Waals surface area contributed by atoms with Crippen LogP contribution in [-0.4, -0.2) is 61.0 Å². The standard InChI is InChI=1S/C28H32N4O5/c1-5-9-24-23(26(34)31-28(30-24)29-18-32(2)3)17-25(33)37-15-14-19-12-13-21(20-10-7-6-8-11-20)22(16-19)27(35)36-4/h6-8,10-13,16,18H,5,9,14-15,17H2,1-4H3,(H,30,31,34). The number of ether oxygens (including phenoxy) is 2. The van der Waals surface area contributed by atoms with Crippen LogP contribution in [0.1, 0.15) is 40.5 Å². The second-order valence-electron chi connectivity index (χ2n) is 8.66. The van der Waals surface area contributed by atoms with Crippen molar-refractivity contribution in [1.29, 1.82) is 0 Å². The van der Waals surface area contributed by atoms with Crippen molar-refractivity contribution in [2.45, 2.75) is 32.6 Å². The molecule has 0 unspecified atom stereocenters. The molecule has 9 nitrogen and oxygen atoms in total. The molecule has 9 heteroatoms. The van der Waals surface area contributed by atoms with Gasteiger partial charge in [-0.25, -0.2) is 14.8 Å². The Morgan fingerprint density at radius 2 is 1.86 bits per heavy atom. The van der Waals surface area contributed by atoms with Gasteiger partial charge in [0.25, 0.3) is 5.56 Å². The number of rotatable bonds is 11. The minimum atomic E-state index is -0.525. The van der Waals surface area contributed by atoms with Gasteiger partial charge in [0.2, 0.25) is 5.95 Å². The lowest BCUT2D eigenvalue weighted by Crippen LogP contribution is -2.22. The maximum absolute atomic E-state index is 12.7. The summed E-state index contributed by atoms with van der Waals surface area (Å²) in [6.07, 6.45) is 3.06. The number of carbonyl (C=O) groups is 2. The van der Waals surface area contributed by atoms with Gasteiger partial charge >= 0.3 is 11.9 Å². The van der Waals surface area contributed by atoms with E-state index in [1.807, 2.05) is 63.5 Å². The zero-order valence-electron chi connectivity index (χ0n) is 21.6. The first-order valence-electron chi connectivity index (χ1n) is 12.1. The zero-order chi connectivity index (χ0) is 26.8. The van der Waals surface area contributed by atoms with Crippen molar-refractivity contribution in [3.05, 3.63) is 81.3 Å². The lowest BCUT2D eigenvalue weighted by Gasteiger charge is -2.12. The van der Waals surface area contributed by atoms with Crippen molar-refractivity contribution in [3.8, 4) is 11.1 Å². The Hall–Kier alpha value is -4.27. The third kappa shape index (κ3) is 7.60. The van der Waals surface area contributed by atoms with Crippen LogP contribution < -0.4 is 5.56 Å². The fraction of sp³-hybridized carbons (Fsp3) is 0.321. The van der Waals surface area contributed by atoms with Crippen molar-refractivity contribution in [2.24, 2.45) is 4.99 Å². The van der Waals surface area contributed by atoms with E-state index in [-0.39, 0.29) is 24.5 Å². The van der Waals surface area contributed by atoms with E-state index < -0.39 is 17.5 Å². The predicted molar refractivity (Wildman–Crippen MR) is 142 cm³/mol. The molecule has 0 aliphatic rings. The second-order valence-corrected chi connectivity index (χ2v) is 8.66. The van der Waals surface area contributed by atoms with E-state index >= 15 is 0 Å². The average Bonchev–Trinajstić information content (AvgIpc) is 2.89. The smallest absolute Gasteiger partial charge is 0.338 e. The van der Waals surface area contributed by atoms with Gasteiger partial charge in [-0.15, -0.1) is 0 Å². The normalized spacial score (nSPS) is 10.9.